The van der Waals surface area contributed by atoms with Gasteiger partial charge in [-0.3, -0.25) is 9.69 Å². The molecular formula is C23H17FN6OS. The predicted molar refractivity (Wildman–Crippen MR) is 120 cm³/mol. The number of fused-ring (bicyclic) bond motifs is 1. The van der Waals surface area contributed by atoms with Crippen LogP contribution in [-0.2, 0) is 6.54 Å². The van der Waals surface area contributed by atoms with E-state index in [2.05, 4.69) is 20.1 Å². The normalized spacial score (nSPS) is 11.1. The zero-order valence-corrected chi connectivity index (χ0v) is 17.8. The fourth-order valence-electron chi connectivity index (χ4n) is 3.25. The van der Waals surface area contributed by atoms with Crippen molar-refractivity contribution in [1.29, 1.82) is 0 Å². The topological polar surface area (TPSA) is 76.3 Å². The van der Waals surface area contributed by atoms with Gasteiger partial charge in [-0.2, -0.15) is 4.98 Å². The first-order valence-electron chi connectivity index (χ1n) is 9.84. The van der Waals surface area contributed by atoms with Crippen LogP contribution in [-0.4, -0.2) is 30.5 Å². The Balaban J connectivity index is 1.54. The quantitative estimate of drug-likeness (QED) is 0.398. The predicted octanol–water partition coefficient (Wildman–Crippen LogP) is 4.54. The van der Waals surface area contributed by atoms with Gasteiger partial charge in [-0.25, -0.2) is 18.9 Å². The summed E-state index contributed by atoms with van der Waals surface area (Å²) >= 11 is 1.33. The molecule has 1 amide bonds. The Morgan fingerprint density at radius 1 is 1.06 bits per heavy atom. The molecular weight excluding hydrogens is 427 g/mol. The molecule has 3 heterocycles. The zero-order valence-electron chi connectivity index (χ0n) is 17.0. The second kappa shape index (κ2) is 8.27. The highest BCUT2D eigenvalue weighted by Gasteiger charge is 2.25. The van der Waals surface area contributed by atoms with Gasteiger partial charge in [0.2, 0.25) is 5.82 Å². The maximum Gasteiger partial charge on any atom is 0.300 e. The lowest BCUT2D eigenvalue weighted by Gasteiger charge is -2.18. The van der Waals surface area contributed by atoms with Crippen LogP contribution >= 0.6 is 11.3 Å². The van der Waals surface area contributed by atoms with Crippen LogP contribution in [0.1, 0.15) is 21.9 Å². The molecule has 3 aromatic heterocycles. The van der Waals surface area contributed by atoms with E-state index in [1.54, 1.807) is 33.8 Å². The second-order valence-corrected chi connectivity index (χ2v) is 7.97. The van der Waals surface area contributed by atoms with Crippen molar-refractivity contribution in [3.8, 4) is 11.3 Å². The fourth-order valence-corrected chi connectivity index (χ4v) is 4.08. The first-order chi connectivity index (χ1) is 15.6. The van der Waals surface area contributed by atoms with Crippen molar-refractivity contribution in [1.82, 2.24) is 24.6 Å². The molecule has 0 saturated carbocycles. The summed E-state index contributed by atoms with van der Waals surface area (Å²) in [6.07, 6.45) is 1.63. The Bertz CT molecular complexity index is 1400. The van der Waals surface area contributed by atoms with Gasteiger partial charge in [-0.05, 0) is 42.8 Å². The zero-order chi connectivity index (χ0) is 22.1. The molecule has 5 aromatic rings. The molecule has 0 N–H and O–H groups in total. The lowest BCUT2D eigenvalue weighted by atomic mass is 10.2. The van der Waals surface area contributed by atoms with Crippen molar-refractivity contribution < 1.29 is 9.18 Å². The number of halogens is 1. The van der Waals surface area contributed by atoms with Crippen LogP contribution in [0, 0.1) is 12.7 Å². The maximum atomic E-state index is 13.5. The molecule has 0 atom stereocenters. The summed E-state index contributed by atoms with van der Waals surface area (Å²) in [6.45, 7) is 2.17. The number of aryl methyl sites for hydroxylation is 1. The van der Waals surface area contributed by atoms with Crippen LogP contribution in [0.15, 0.2) is 72.2 Å². The minimum absolute atomic E-state index is 0.0428. The highest BCUT2D eigenvalue weighted by Crippen LogP contribution is 2.29. The summed E-state index contributed by atoms with van der Waals surface area (Å²) in [4.78, 5) is 28.2. The molecule has 0 aliphatic heterocycles. The van der Waals surface area contributed by atoms with Gasteiger partial charge >= 0.3 is 0 Å². The molecule has 0 fully saturated rings. The van der Waals surface area contributed by atoms with Crippen LogP contribution in [0.5, 0.6) is 0 Å². The number of anilines is 1. The van der Waals surface area contributed by atoms with Gasteiger partial charge < -0.3 is 0 Å². The van der Waals surface area contributed by atoms with Crippen LogP contribution in [0.25, 0.3) is 17.0 Å². The summed E-state index contributed by atoms with van der Waals surface area (Å²) in [6, 6.07) is 17.5. The van der Waals surface area contributed by atoms with E-state index in [0.717, 1.165) is 16.8 Å². The molecule has 0 spiro atoms. The molecule has 2 aromatic carbocycles. The van der Waals surface area contributed by atoms with E-state index in [-0.39, 0.29) is 17.5 Å². The number of carbonyl (C=O) groups excluding carboxylic acids is 1. The number of amides is 1. The third-order valence-electron chi connectivity index (χ3n) is 4.91. The lowest BCUT2D eigenvalue weighted by molar-refractivity contribution is 0.0975. The second-order valence-electron chi connectivity index (χ2n) is 7.13. The number of carbonyl (C=O) groups is 1. The third kappa shape index (κ3) is 3.85. The highest BCUT2D eigenvalue weighted by molar-refractivity contribution is 7.14. The Labute approximate surface area is 186 Å². The minimum atomic E-state index is -0.376. The van der Waals surface area contributed by atoms with Crippen LogP contribution < -0.4 is 4.90 Å². The summed E-state index contributed by atoms with van der Waals surface area (Å²) < 4.78 is 14.8. The number of thiazole rings is 1. The SMILES string of the molecule is Cc1ccnc2nc(C(=O)N(Cc3ccccc3)c3nc(-c4ccc(F)cc4)cs3)nn12. The van der Waals surface area contributed by atoms with E-state index in [4.69, 9.17) is 0 Å². The first kappa shape index (κ1) is 20.0. The van der Waals surface area contributed by atoms with Crippen molar-refractivity contribution in [2.75, 3.05) is 4.90 Å². The van der Waals surface area contributed by atoms with Crippen molar-refractivity contribution in [3.05, 3.63) is 95.1 Å². The Morgan fingerprint density at radius 3 is 2.59 bits per heavy atom. The molecule has 0 saturated heterocycles. The average Bonchev–Trinajstić information content (AvgIpc) is 3.47. The standard InChI is InChI=1S/C23H17FN6OS/c1-15-11-12-25-22-27-20(28-30(15)22)21(31)29(13-16-5-3-2-4-6-16)23-26-19(14-32-23)17-7-9-18(24)10-8-17/h2-12,14H,13H2,1H3. The van der Waals surface area contributed by atoms with Gasteiger partial charge in [0, 0.05) is 22.8 Å². The van der Waals surface area contributed by atoms with Crippen molar-refractivity contribution in [2.45, 2.75) is 13.5 Å². The lowest BCUT2D eigenvalue weighted by Crippen LogP contribution is -2.31. The molecule has 0 radical (unpaired) electrons. The minimum Gasteiger partial charge on any atom is -0.277 e. The summed E-state index contributed by atoms with van der Waals surface area (Å²) in [5.74, 6) is -0.286. The first-order valence-corrected chi connectivity index (χ1v) is 10.7. The van der Waals surface area contributed by atoms with E-state index >= 15 is 0 Å². The molecule has 0 bridgehead atoms. The van der Waals surface area contributed by atoms with Gasteiger partial charge in [-0.1, -0.05) is 30.3 Å². The Morgan fingerprint density at radius 2 is 1.84 bits per heavy atom. The van der Waals surface area contributed by atoms with Gasteiger partial charge in [0.05, 0.1) is 12.2 Å². The molecule has 0 aliphatic carbocycles. The van der Waals surface area contributed by atoms with E-state index in [1.807, 2.05) is 42.6 Å². The molecule has 158 valence electrons. The molecule has 7 nitrogen and oxygen atoms in total. The summed E-state index contributed by atoms with van der Waals surface area (Å²) in [5, 5.41) is 6.71. The van der Waals surface area contributed by atoms with Crippen molar-refractivity contribution in [2.24, 2.45) is 0 Å². The summed E-state index contributed by atoms with van der Waals surface area (Å²) in [5.41, 5.74) is 3.20. The summed E-state index contributed by atoms with van der Waals surface area (Å²) in [7, 11) is 0. The van der Waals surface area contributed by atoms with Crippen LogP contribution in [0.4, 0.5) is 9.52 Å². The molecule has 5 rings (SSSR count). The number of nitrogens with zero attached hydrogens (tertiary/aromatic N) is 6. The largest absolute Gasteiger partial charge is 0.300 e. The maximum absolute atomic E-state index is 13.5. The monoisotopic (exact) mass is 444 g/mol. The molecule has 32 heavy (non-hydrogen) atoms. The van der Waals surface area contributed by atoms with Gasteiger partial charge in [0.15, 0.2) is 5.13 Å². The number of benzene rings is 2. The molecule has 0 aliphatic rings. The van der Waals surface area contributed by atoms with Crippen molar-refractivity contribution in [3.63, 3.8) is 0 Å². The smallest absolute Gasteiger partial charge is 0.277 e. The van der Waals surface area contributed by atoms with Crippen molar-refractivity contribution >= 4 is 28.2 Å². The highest BCUT2D eigenvalue weighted by atomic mass is 32.1. The third-order valence-corrected chi connectivity index (χ3v) is 5.78. The Hall–Kier alpha value is -3.98. The van der Waals surface area contributed by atoms with E-state index in [9.17, 15) is 9.18 Å². The van der Waals surface area contributed by atoms with Gasteiger partial charge in [0.1, 0.15) is 5.82 Å². The van der Waals surface area contributed by atoms with Crippen LogP contribution in [0.3, 0.4) is 0 Å². The number of hydrogen-bond acceptors (Lipinski definition) is 6. The molecule has 0 unspecified atom stereocenters. The van der Waals surface area contributed by atoms with Gasteiger partial charge in [-0.15, -0.1) is 16.4 Å². The average molecular weight is 444 g/mol. The number of rotatable bonds is 5. The number of aromatic nitrogens is 5. The van der Waals surface area contributed by atoms with E-state index < -0.39 is 0 Å². The molecule has 9 heteroatoms. The number of hydrogen-bond donors (Lipinski definition) is 0. The van der Waals surface area contributed by atoms with Gasteiger partial charge in [0.25, 0.3) is 11.7 Å². The van der Waals surface area contributed by atoms with E-state index in [1.165, 1.54) is 23.5 Å². The van der Waals surface area contributed by atoms with Crippen LogP contribution in [0.2, 0.25) is 0 Å². The fraction of sp³-hybridized carbons (Fsp3) is 0.0870. The Kier molecular flexibility index (Phi) is 5.16. The van der Waals surface area contributed by atoms with E-state index in [0.29, 0.717) is 23.1 Å².